The van der Waals surface area contributed by atoms with E-state index in [1.165, 1.54) is 6.07 Å². The molecule has 0 fully saturated rings. The van der Waals surface area contributed by atoms with Gasteiger partial charge < -0.3 is 10.1 Å². The molecule has 0 spiro atoms. The highest BCUT2D eigenvalue weighted by molar-refractivity contribution is 6.32. The monoisotopic (exact) mass is 333 g/mol. The number of hydrogen-bond donors (Lipinski definition) is 1. The number of amides is 1. The third-order valence-corrected chi connectivity index (χ3v) is 2.89. The van der Waals surface area contributed by atoms with Gasteiger partial charge in [-0.1, -0.05) is 17.7 Å². The normalized spacial score (nSPS) is 10.6. The molecule has 0 saturated heterocycles. The Kier molecular flexibility index (Phi) is 4.87. The van der Waals surface area contributed by atoms with Gasteiger partial charge >= 0.3 is 6.61 Å². The lowest BCUT2D eigenvalue weighted by atomic mass is 10.1. The first-order chi connectivity index (χ1) is 10.4. The van der Waals surface area contributed by atoms with E-state index < -0.39 is 29.7 Å². The molecule has 2 aromatic carbocycles. The highest BCUT2D eigenvalue weighted by Gasteiger charge is 2.17. The number of anilines is 1. The average Bonchev–Trinajstić information content (AvgIpc) is 2.41. The number of rotatable bonds is 4. The molecule has 0 aliphatic rings. The minimum Gasteiger partial charge on any atom is -0.433 e. The SMILES string of the molecule is O=C(Nc1ccc(OC(F)F)c(Cl)c1)c1c(F)cccc1F. The predicted octanol–water partition coefficient (Wildman–Crippen LogP) is 4.47. The number of hydrogen-bond acceptors (Lipinski definition) is 2. The molecule has 0 atom stereocenters. The van der Waals surface area contributed by atoms with E-state index in [0.29, 0.717) is 0 Å². The smallest absolute Gasteiger partial charge is 0.387 e. The number of carbonyl (C=O) groups excluding carboxylic acids is 1. The fourth-order valence-electron chi connectivity index (χ4n) is 1.68. The molecule has 22 heavy (non-hydrogen) atoms. The van der Waals surface area contributed by atoms with Crippen LogP contribution in [0.5, 0.6) is 5.75 Å². The minimum absolute atomic E-state index is 0.0688. The summed E-state index contributed by atoms with van der Waals surface area (Å²) in [7, 11) is 0. The van der Waals surface area contributed by atoms with Crippen molar-refractivity contribution in [2.75, 3.05) is 5.32 Å². The largest absolute Gasteiger partial charge is 0.433 e. The van der Waals surface area contributed by atoms with Gasteiger partial charge in [-0.05, 0) is 30.3 Å². The summed E-state index contributed by atoms with van der Waals surface area (Å²) >= 11 is 5.71. The molecular formula is C14H8ClF4NO2. The van der Waals surface area contributed by atoms with E-state index in [1.807, 2.05) is 0 Å². The predicted molar refractivity (Wildman–Crippen MR) is 72.4 cm³/mol. The Morgan fingerprint density at radius 3 is 2.32 bits per heavy atom. The third kappa shape index (κ3) is 3.67. The molecule has 0 saturated carbocycles. The van der Waals surface area contributed by atoms with Crippen LogP contribution >= 0.6 is 11.6 Å². The lowest BCUT2D eigenvalue weighted by Gasteiger charge is -2.10. The van der Waals surface area contributed by atoms with Crippen LogP contribution in [0.25, 0.3) is 0 Å². The van der Waals surface area contributed by atoms with Crippen molar-refractivity contribution in [1.82, 2.24) is 0 Å². The van der Waals surface area contributed by atoms with Gasteiger partial charge in [0.1, 0.15) is 22.9 Å². The van der Waals surface area contributed by atoms with Gasteiger partial charge in [-0.15, -0.1) is 0 Å². The van der Waals surface area contributed by atoms with Crippen molar-refractivity contribution in [3.63, 3.8) is 0 Å². The van der Waals surface area contributed by atoms with Crippen molar-refractivity contribution in [2.24, 2.45) is 0 Å². The maximum Gasteiger partial charge on any atom is 0.387 e. The van der Waals surface area contributed by atoms with Crippen molar-refractivity contribution in [3.8, 4) is 5.75 Å². The van der Waals surface area contributed by atoms with Crippen molar-refractivity contribution in [2.45, 2.75) is 6.61 Å². The first kappa shape index (κ1) is 16.1. The Hall–Kier alpha value is -2.28. The van der Waals surface area contributed by atoms with Crippen LogP contribution in [0, 0.1) is 11.6 Å². The number of carbonyl (C=O) groups is 1. The van der Waals surface area contributed by atoms with Gasteiger partial charge in [-0.25, -0.2) is 8.78 Å². The lowest BCUT2D eigenvalue weighted by molar-refractivity contribution is -0.0497. The van der Waals surface area contributed by atoms with Gasteiger partial charge in [-0.2, -0.15) is 8.78 Å². The van der Waals surface area contributed by atoms with Crippen LogP contribution in [0.15, 0.2) is 36.4 Å². The van der Waals surface area contributed by atoms with Gasteiger partial charge in [0.2, 0.25) is 0 Å². The Morgan fingerprint density at radius 2 is 1.77 bits per heavy atom. The maximum absolute atomic E-state index is 13.5. The summed E-state index contributed by atoms with van der Waals surface area (Å²) < 4.78 is 55.2. The van der Waals surface area contributed by atoms with Crippen molar-refractivity contribution in [3.05, 3.63) is 58.6 Å². The molecule has 0 aromatic heterocycles. The van der Waals surface area contributed by atoms with Crippen molar-refractivity contribution < 1.29 is 27.1 Å². The van der Waals surface area contributed by atoms with Gasteiger partial charge in [0.05, 0.1) is 5.02 Å². The number of ether oxygens (including phenoxy) is 1. The highest BCUT2D eigenvalue weighted by atomic mass is 35.5. The Balaban J connectivity index is 2.20. The van der Waals surface area contributed by atoms with E-state index in [4.69, 9.17) is 11.6 Å². The zero-order valence-corrected chi connectivity index (χ0v) is 11.5. The van der Waals surface area contributed by atoms with Crippen LogP contribution in [0.4, 0.5) is 23.2 Å². The van der Waals surface area contributed by atoms with Crippen LogP contribution in [-0.2, 0) is 0 Å². The number of nitrogens with one attached hydrogen (secondary N) is 1. The lowest BCUT2D eigenvalue weighted by Crippen LogP contribution is -2.15. The molecular weight excluding hydrogens is 326 g/mol. The molecule has 0 unspecified atom stereocenters. The summed E-state index contributed by atoms with van der Waals surface area (Å²) in [5.74, 6) is -3.37. The maximum atomic E-state index is 13.5. The molecule has 0 radical (unpaired) electrons. The summed E-state index contributed by atoms with van der Waals surface area (Å²) in [6.45, 7) is -3.05. The van der Waals surface area contributed by atoms with Crippen LogP contribution in [0.1, 0.15) is 10.4 Å². The van der Waals surface area contributed by atoms with Crippen molar-refractivity contribution >= 4 is 23.2 Å². The second kappa shape index (κ2) is 6.65. The zero-order valence-electron chi connectivity index (χ0n) is 10.7. The van der Waals surface area contributed by atoms with Crippen LogP contribution < -0.4 is 10.1 Å². The Bertz CT molecular complexity index is 689. The second-order valence-corrected chi connectivity index (χ2v) is 4.48. The summed E-state index contributed by atoms with van der Waals surface area (Å²) in [4.78, 5) is 11.8. The summed E-state index contributed by atoms with van der Waals surface area (Å²) in [5.41, 5.74) is -0.689. The molecule has 3 nitrogen and oxygen atoms in total. The number of benzene rings is 2. The van der Waals surface area contributed by atoms with E-state index in [-0.39, 0.29) is 16.5 Å². The minimum atomic E-state index is -3.05. The summed E-state index contributed by atoms with van der Waals surface area (Å²) in [6, 6.07) is 6.42. The van der Waals surface area contributed by atoms with Gasteiger partial charge in [-0.3, -0.25) is 4.79 Å². The molecule has 1 amide bonds. The van der Waals surface area contributed by atoms with E-state index in [9.17, 15) is 22.4 Å². The molecule has 116 valence electrons. The highest BCUT2D eigenvalue weighted by Crippen LogP contribution is 2.29. The van der Waals surface area contributed by atoms with Gasteiger partial charge in [0, 0.05) is 5.69 Å². The molecule has 0 heterocycles. The molecule has 8 heteroatoms. The topological polar surface area (TPSA) is 38.3 Å². The summed E-state index contributed by atoms with van der Waals surface area (Å²) in [6.07, 6.45) is 0. The first-order valence-electron chi connectivity index (χ1n) is 5.88. The quantitative estimate of drug-likeness (QED) is 0.838. The molecule has 1 N–H and O–H groups in total. The average molecular weight is 334 g/mol. The fraction of sp³-hybridized carbons (Fsp3) is 0.0714. The van der Waals surface area contributed by atoms with E-state index in [2.05, 4.69) is 10.1 Å². The molecule has 0 aliphatic carbocycles. The Labute approximate surface area is 127 Å². The molecule has 2 aromatic rings. The molecule has 0 bridgehead atoms. The van der Waals surface area contributed by atoms with Gasteiger partial charge in [0.25, 0.3) is 5.91 Å². The molecule has 0 aliphatic heterocycles. The standard InChI is InChI=1S/C14H8ClF4NO2/c15-8-6-7(4-5-11(8)22-14(18)19)20-13(21)12-9(16)2-1-3-10(12)17/h1-6,14H,(H,20,21). The zero-order chi connectivity index (χ0) is 16.3. The summed E-state index contributed by atoms with van der Waals surface area (Å²) in [5, 5.41) is 2.03. The van der Waals surface area contributed by atoms with Crippen molar-refractivity contribution in [1.29, 1.82) is 0 Å². The van der Waals surface area contributed by atoms with Crippen LogP contribution in [0.2, 0.25) is 5.02 Å². The second-order valence-electron chi connectivity index (χ2n) is 4.07. The van der Waals surface area contributed by atoms with Crippen LogP contribution in [-0.4, -0.2) is 12.5 Å². The fourth-order valence-corrected chi connectivity index (χ4v) is 1.90. The van der Waals surface area contributed by atoms with Gasteiger partial charge in [0.15, 0.2) is 0 Å². The third-order valence-electron chi connectivity index (χ3n) is 2.60. The Morgan fingerprint density at radius 1 is 1.14 bits per heavy atom. The van der Waals surface area contributed by atoms with E-state index >= 15 is 0 Å². The van der Waals surface area contributed by atoms with E-state index in [1.54, 1.807) is 0 Å². The number of alkyl halides is 2. The first-order valence-corrected chi connectivity index (χ1v) is 6.26. The van der Waals surface area contributed by atoms with E-state index in [0.717, 1.165) is 30.3 Å². The van der Waals surface area contributed by atoms with Crippen LogP contribution in [0.3, 0.4) is 0 Å². The molecule has 2 rings (SSSR count). The number of halogens is 5.